The molecule has 0 fully saturated rings. The SMILES string of the molecule is COC(=O)Nc1ccc2c(c1)OC(N)=C(C#N)C2c1ccc(OC)cc1. The predicted octanol–water partition coefficient (Wildman–Crippen LogP) is 3.09. The summed E-state index contributed by atoms with van der Waals surface area (Å²) in [6.45, 7) is 0. The number of nitriles is 1. The maximum absolute atomic E-state index is 11.4. The third kappa shape index (κ3) is 3.13. The molecule has 3 N–H and O–H groups in total. The van der Waals surface area contributed by atoms with Crippen LogP contribution < -0.4 is 20.5 Å². The highest BCUT2D eigenvalue weighted by atomic mass is 16.5. The number of allylic oxidation sites excluding steroid dienone is 1. The van der Waals surface area contributed by atoms with Crippen LogP contribution in [0.1, 0.15) is 17.0 Å². The van der Waals surface area contributed by atoms with E-state index in [4.69, 9.17) is 15.2 Å². The van der Waals surface area contributed by atoms with Crippen molar-refractivity contribution >= 4 is 11.8 Å². The summed E-state index contributed by atoms with van der Waals surface area (Å²) in [5.74, 6) is 0.850. The zero-order valence-corrected chi connectivity index (χ0v) is 14.3. The number of hydrogen-bond donors (Lipinski definition) is 2. The third-order valence-corrected chi connectivity index (χ3v) is 4.10. The Morgan fingerprint density at radius 2 is 1.96 bits per heavy atom. The van der Waals surface area contributed by atoms with Crippen LogP contribution in [-0.4, -0.2) is 20.3 Å². The Hall–Kier alpha value is -3.66. The molecule has 0 saturated heterocycles. The average molecular weight is 351 g/mol. The smallest absolute Gasteiger partial charge is 0.411 e. The number of benzene rings is 2. The fourth-order valence-electron chi connectivity index (χ4n) is 2.84. The van der Waals surface area contributed by atoms with Crippen LogP contribution in [0.5, 0.6) is 11.5 Å². The summed E-state index contributed by atoms with van der Waals surface area (Å²) >= 11 is 0. The maximum atomic E-state index is 11.4. The molecule has 1 unspecified atom stereocenters. The zero-order chi connectivity index (χ0) is 18.7. The largest absolute Gasteiger partial charge is 0.497 e. The van der Waals surface area contributed by atoms with Crippen molar-refractivity contribution in [3.63, 3.8) is 0 Å². The monoisotopic (exact) mass is 351 g/mol. The number of nitrogens with zero attached hydrogens (tertiary/aromatic N) is 1. The van der Waals surface area contributed by atoms with Crippen molar-refractivity contribution in [2.24, 2.45) is 5.73 Å². The molecule has 1 aliphatic heterocycles. The number of fused-ring (bicyclic) bond motifs is 1. The minimum atomic E-state index is -0.589. The first-order valence-corrected chi connectivity index (χ1v) is 7.77. The Bertz CT molecular complexity index is 913. The summed E-state index contributed by atoms with van der Waals surface area (Å²) in [7, 11) is 2.87. The summed E-state index contributed by atoms with van der Waals surface area (Å²) in [6, 6.07) is 14.7. The van der Waals surface area contributed by atoms with Crippen LogP contribution >= 0.6 is 0 Å². The lowest BCUT2D eigenvalue weighted by molar-refractivity contribution is 0.187. The van der Waals surface area contributed by atoms with Gasteiger partial charge in [0.25, 0.3) is 0 Å². The summed E-state index contributed by atoms with van der Waals surface area (Å²) in [5.41, 5.74) is 8.44. The second-order valence-corrected chi connectivity index (χ2v) is 5.57. The molecule has 1 atom stereocenters. The fourth-order valence-corrected chi connectivity index (χ4v) is 2.84. The molecule has 7 heteroatoms. The van der Waals surface area contributed by atoms with E-state index in [0.717, 1.165) is 11.1 Å². The molecule has 2 aromatic rings. The van der Waals surface area contributed by atoms with E-state index >= 15 is 0 Å². The number of methoxy groups -OCH3 is 2. The molecule has 0 aromatic heterocycles. The lowest BCUT2D eigenvalue weighted by Gasteiger charge is -2.27. The molecule has 2 aromatic carbocycles. The number of nitrogens with two attached hydrogens (primary N) is 1. The number of hydrogen-bond acceptors (Lipinski definition) is 6. The van der Waals surface area contributed by atoms with Gasteiger partial charge in [-0.3, -0.25) is 5.32 Å². The van der Waals surface area contributed by atoms with Gasteiger partial charge in [0.1, 0.15) is 23.1 Å². The Kier molecular flexibility index (Phi) is 4.67. The molecule has 3 rings (SSSR count). The minimum absolute atomic E-state index is 0.0380. The van der Waals surface area contributed by atoms with Crippen molar-refractivity contribution in [3.8, 4) is 17.6 Å². The number of amides is 1. The van der Waals surface area contributed by atoms with E-state index in [-0.39, 0.29) is 11.8 Å². The highest BCUT2D eigenvalue weighted by molar-refractivity contribution is 5.85. The number of anilines is 1. The minimum Gasteiger partial charge on any atom is -0.497 e. The van der Waals surface area contributed by atoms with Crippen LogP contribution in [0, 0.1) is 11.3 Å². The van der Waals surface area contributed by atoms with Crippen molar-refractivity contribution < 1.29 is 19.0 Å². The predicted molar refractivity (Wildman–Crippen MR) is 94.8 cm³/mol. The second kappa shape index (κ2) is 7.07. The van der Waals surface area contributed by atoms with E-state index < -0.39 is 6.09 Å². The standard InChI is InChI=1S/C19H17N3O4/c1-24-13-6-3-11(4-7-13)17-14-8-5-12(22-19(23)25-2)9-16(14)26-18(21)15(17)10-20/h3-9,17H,21H2,1-2H3,(H,22,23). The van der Waals surface area contributed by atoms with E-state index in [1.165, 1.54) is 7.11 Å². The van der Waals surface area contributed by atoms with Crippen LogP contribution in [0.15, 0.2) is 53.9 Å². The summed E-state index contributed by atoms with van der Waals surface area (Å²) in [4.78, 5) is 11.4. The Morgan fingerprint density at radius 3 is 2.58 bits per heavy atom. The number of carbonyl (C=O) groups is 1. The van der Waals surface area contributed by atoms with Crippen LogP contribution in [-0.2, 0) is 4.74 Å². The number of ether oxygens (including phenoxy) is 3. The summed E-state index contributed by atoms with van der Waals surface area (Å²) in [5, 5.41) is 12.1. The molecule has 0 saturated carbocycles. The highest BCUT2D eigenvalue weighted by Crippen LogP contribution is 2.43. The lowest BCUT2D eigenvalue weighted by Crippen LogP contribution is -2.21. The van der Waals surface area contributed by atoms with Gasteiger partial charge in [0.15, 0.2) is 0 Å². The molecule has 0 aliphatic carbocycles. The van der Waals surface area contributed by atoms with Gasteiger partial charge in [-0.15, -0.1) is 0 Å². The van der Waals surface area contributed by atoms with Gasteiger partial charge in [-0.1, -0.05) is 18.2 Å². The number of rotatable bonds is 3. The quantitative estimate of drug-likeness (QED) is 0.880. The van der Waals surface area contributed by atoms with Gasteiger partial charge in [-0.05, 0) is 23.8 Å². The van der Waals surface area contributed by atoms with Gasteiger partial charge in [0.2, 0.25) is 5.88 Å². The highest BCUT2D eigenvalue weighted by Gasteiger charge is 2.30. The first-order valence-electron chi connectivity index (χ1n) is 7.77. The van der Waals surface area contributed by atoms with Gasteiger partial charge >= 0.3 is 6.09 Å². The molecule has 26 heavy (non-hydrogen) atoms. The fraction of sp³-hybridized carbons (Fsp3) is 0.158. The van der Waals surface area contributed by atoms with Gasteiger partial charge in [-0.25, -0.2) is 4.79 Å². The molecule has 1 aliphatic rings. The Labute approximate surface area is 150 Å². The van der Waals surface area contributed by atoms with E-state index in [0.29, 0.717) is 22.8 Å². The Balaban J connectivity index is 2.06. The third-order valence-electron chi connectivity index (χ3n) is 4.10. The molecule has 7 nitrogen and oxygen atoms in total. The van der Waals surface area contributed by atoms with Crippen LogP contribution in [0.3, 0.4) is 0 Å². The van der Waals surface area contributed by atoms with Crippen molar-refractivity contribution in [2.75, 3.05) is 19.5 Å². The normalized spacial score (nSPS) is 15.3. The van der Waals surface area contributed by atoms with Gasteiger partial charge in [-0.2, -0.15) is 5.26 Å². The Morgan fingerprint density at radius 1 is 1.23 bits per heavy atom. The second-order valence-electron chi connectivity index (χ2n) is 5.57. The molecule has 0 bridgehead atoms. The van der Waals surface area contributed by atoms with Crippen LogP contribution in [0.25, 0.3) is 0 Å². The topological polar surface area (TPSA) is 107 Å². The van der Waals surface area contributed by atoms with E-state index in [1.807, 2.05) is 24.3 Å². The van der Waals surface area contributed by atoms with Crippen LogP contribution in [0.2, 0.25) is 0 Å². The molecular weight excluding hydrogens is 334 g/mol. The first kappa shape index (κ1) is 17.2. The van der Waals surface area contributed by atoms with Crippen molar-refractivity contribution in [3.05, 3.63) is 65.0 Å². The van der Waals surface area contributed by atoms with Crippen molar-refractivity contribution in [2.45, 2.75) is 5.92 Å². The molecule has 1 heterocycles. The van der Waals surface area contributed by atoms with Crippen molar-refractivity contribution in [1.29, 1.82) is 5.26 Å². The van der Waals surface area contributed by atoms with Gasteiger partial charge in [0.05, 0.1) is 20.1 Å². The van der Waals surface area contributed by atoms with Crippen LogP contribution in [0.4, 0.5) is 10.5 Å². The number of carbonyl (C=O) groups excluding carboxylic acids is 1. The van der Waals surface area contributed by atoms with Crippen molar-refractivity contribution in [1.82, 2.24) is 0 Å². The molecule has 0 radical (unpaired) electrons. The molecule has 132 valence electrons. The molecule has 0 spiro atoms. The van der Waals surface area contributed by atoms with Gasteiger partial charge < -0.3 is 19.9 Å². The van der Waals surface area contributed by atoms with Gasteiger partial charge in [0, 0.05) is 17.3 Å². The number of nitrogens with one attached hydrogen (secondary N) is 1. The first-order chi connectivity index (χ1) is 12.6. The molecular formula is C19H17N3O4. The maximum Gasteiger partial charge on any atom is 0.411 e. The van der Waals surface area contributed by atoms with E-state index in [9.17, 15) is 10.1 Å². The van der Waals surface area contributed by atoms with E-state index in [1.54, 1.807) is 25.3 Å². The lowest BCUT2D eigenvalue weighted by atomic mass is 9.83. The summed E-state index contributed by atoms with van der Waals surface area (Å²) < 4.78 is 15.4. The molecule has 1 amide bonds. The zero-order valence-electron chi connectivity index (χ0n) is 14.3. The van der Waals surface area contributed by atoms with E-state index in [2.05, 4.69) is 16.1 Å². The average Bonchev–Trinajstić information content (AvgIpc) is 2.66. The summed E-state index contributed by atoms with van der Waals surface area (Å²) in [6.07, 6.45) is -0.589.